The minimum absolute atomic E-state index is 0. The van der Waals surface area contributed by atoms with Gasteiger partial charge in [0.1, 0.15) is 17.6 Å². The van der Waals surface area contributed by atoms with Crippen LogP contribution in [0.4, 0.5) is 0 Å². The van der Waals surface area contributed by atoms with Crippen LogP contribution in [-0.2, 0) is 4.79 Å². The van der Waals surface area contributed by atoms with Gasteiger partial charge in [0, 0.05) is 12.0 Å². The molecule has 1 aromatic rings. The molecule has 1 heterocycles. The summed E-state index contributed by atoms with van der Waals surface area (Å²) in [5.41, 5.74) is 0. The zero-order valence-electron chi connectivity index (χ0n) is 14.0. The Balaban J connectivity index is 0.00000264. The molecule has 1 aliphatic heterocycles. The summed E-state index contributed by atoms with van der Waals surface area (Å²) in [6, 6.07) is 7.86. The molecule has 1 aromatic carbocycles. The van der Waals surface area contributed by atoms with Gasteiger partial charge >= 0.3 is 0 Å². The molecular formula is C17H27ClN2O3. The van der Waals surface area contributed by atoms with Crippen molar-refractivity contribution in [1.29, 1.82) is 0 Å². The van der Waals surface area contributed by atoms with Crippen molar-refractivity contribution in [2.75, 3.05) is 20.2 Å². The highest BCUT2D eigenvalue weighted by Gasteiger charge is 2.24. The molecule has 1 saturated heterocycles. The average molecular weight is 343 g/mol. The Morgan fingerprint density at radius 2 is 2.00 bits per heavy atom. The molecule has 130 valence electrons. The lowest BCUT2D eigenvalue weighted by molar-refractivity contribution is -0.126. The summed E-state index contributed by atoms with van der Waals surface area (Å²) in [6.07, 6.45) is 1.74. The maximum absolute atomic E-state index is 12.2. The Morgan fingerprint density at radius 3 is 2.61 bits per heavy atom. The van der Waals surface area contributed by atoms with Crippen molar-refractivity contribution in [1.82, 2.24) is 10.6 Å². The molecule has 3 atom stereocenters. The second-order valence-electron chi connectivity index (χ2n) is 5.93. The number of carbonyl (C=O) groups is 1. The lowest BCUT2D eigenvalue weighted by atomic mass is 9.92. The van der Waals surface area contributed by atoms with E-state index in [0.29, 0.717) is 12.6 Å². The number of ether oxygens (including phenoxy) is 2. The van der Waals surface area contributed by atoms with E-state index < -0.39 is 0 Å². The molecule has 0 radical (unpaired) electrons. The number of halogens is 1. The van der Waals surface area contributed by atoms with Crippen LogP contribution in [0.1, 0.15) is 26.7 Å². The smallest absolute Gasteiger partial charge is 0.223 e. The van der Waals surface area contributed by atoms with Crippen LogP contribution >= 0.6 is 12.4 Å². The van der Waals surface area contributed by atoms with E-state index in [0.717, 1.165) is 30.9 Å². The molecule has 6 heteroatoms. The van der Waals surface area contributed by atoms with Gasteiger partial charge in [-0.15, -0.1) is 12.4 Å². The number of piperidine rings is 1. The second kappa shape index (κ2) is 9.63. The van der Waals surface area contributed by atoms with Gasteiger partial charge in [0.2, 0.25) is 5.91 Å². The number of nitrogens with one attached hydrogen (secondary N) is 2. The SMILES string of the molecule is COc1ccc(OC(C)CNC(=O)[C@H]2CCN[C@@H](C)C2)cc1.Cl. The summed E-state index contributed by atoms with van der Waals surface area (Å²) in [7, 11) is 1.63. The van der Waals surface area contributed by atoms with Crippen LogP contribution in [0.5, 0.6) is 11.5 Å². The molecule has 0 aromatic heterocycles. The van der Waals surface area contributed by atoms with Gasteiger partial charge in [-0.3, -0.25) is 4.79 Å². The van der Waals surface area contributed by atoms with Gasteiger partial charge in [0.05, 0.1) is 13.7 Å². The summed E-state index contributed by atoms with van der Waals surface area (Å²) in [5, 5.41) is 6.36. The van der Waals surface area contributed by atoms with Gasteiger partial charge < -0.3 is 20.1 Å². The van der Waals surface area contributed by atoms with Crippen molar-refractivity contribution in [3.05, 3.63) is 24.3 Å². The summed E-state index contributed by atoms with van der Waals surface area (Å²) < 4.78 is 10.9. The number of hydrogen-bond acceptors (Lipinski definition) is 4. The van der Waals surface area contributed by atoms with Crippen LogP contribution in [0.15, 0.2) is 24.3 Å². The van der Waals surface area contributed by atoms with Crippen LogP contribution in [-0.4, -0.2) is 38.3 Å². The third-order valence-electron chi connectivity index (χ3n) is 3.95. The van der Waals surface area contributed by atoms with Crippen molar-refractivity contribution in [2.45, 2.75) is 38.8 Å². The van der Waals surface area contributed by atoms with E-state index in [9.17, 15) is 4.79 Å². The standard InChI is InChI=1S/C17H26N2O3.ClH/c1-12-10-14(8-9-18-12)17(20)19-11-13(2)22-16-6-4-15(21-3)5-7-16;/h4-7,12-14,18H,8-11H2,1-3H3,(H,19,20);1H/t12-,13?,14-;/m0./s1. The van der Waals surface area contributed by atoms with E-state index in [1.54, 1.807) is 7.11 Å². The fourth-order valence-electron chi connectivity index (χ4n) is 2.69. The normalized spacial score (nSPS) is 21.7. The van der Waals surface area contributed by atoms with Crippen molar-refractivity contribution < 1.29 is 14.3 Å². The van der Waals surface area contributed by atoms with E-state index in [1.165, 1.54) is 0 Å². The predicted octanol–water partition coefficient (Wildman–Crippen LogP) is 2.39. The average Bonchev–Trinajstić information content (AvgIpc) is 2.53. The number of benzene rings is 1. The molecule has 0 saturated carbocycles. The van der Waals surface area contributed by atoms with Crippen LogP contribution in [0.2, 0.25) is 0 Å². The predicted molar refractivity (Wildman–Crippen MR) is 93.5 cm³/mol. The number of hydrogen-bond donors (Lipinski definition) is 2. The highest BCUT2D eigenvalue weighted by Crippen LogP contribution is 2.18. The Morgan fingerprint density at radius 1 is 1.35 bits per heavy atom. The quantitative estimate of drug-likeness (QED) is 0.833. The number of rotatable bonds is 6. The molecule has 5 nitrogen and oxygen atoms in total. The lowest BCUT2D eigenvalue weighted by Gasteiger charge is -2.27. The van der Waals surface area contributed by atoms with E-state index >= 15 is 0 Å². The van der Waals surface area contributed by atoms with Gasteiger partial charge in [-0.2, -0.15) is 0 Å². The Hall–Kier alpha value is -1.46. The summed E-state index contributed by atoms with van der Waals surface area (Å²) in [6.45, 7) is 5.50. The topological polar surface area (TPSA) is 59.6 Å². The third kappa shape index (κ3) is 6.28. The van der Waals surface area contributed by atoms with Gasteiger partial charge in [0.15, 0.2) is 0 Å². The van der Waals surface area contributed by atoms with Gasteiger partial charge in [-0.1, -0.05) is 0 Å². The zero-order chi connectivity index (χ0) is 15.9. The van der Waals surface area contributed by atoms with E-state index in [2.05, 4.69) is 17.6 Å². The molecule has 2 N–H and O–H groups in total. The van der Waals surface area contributed by atoms with Crippen molar-refractivity contribution >= 4 is 18.3 Å². The Bertz CT molecular complexity index is 481. The molecule has 0 spiro atoms. The van der Waals surface area contributed by atoms with E-state index in [4.69, 9.17) is 9.47 Å². The molecule has 1 aliphatic rings. The van der Waals surface area contributed by atoms with Crippen LogP contribution in [0, 0.1) is 5.92 Å². The summed E-state index contributed by atoms with van der Waals surface area (Å²) >= 11 is 0. The molecule has 0 bridgehead atoms. The number of amides is 1. The van der Waals surface area contributed by atoms with Gasteiger partial charge in [-0.05, 0) is 57.5 Å². The third-order valence-corrected chi connectivity index (χ3v) is 3.95. The highest BCUT2D eigenvalue weighted by molar-refractivity contribution is 5.85. The van der Waals surface area contributed by atoms with Crippen molar-refractivity contribution in [2.24, 2.45) is 5.92 Å². The Labute approximate surface area is 144 Å². The molecule has 1 fully saturated rings. The monoisotopic (exact) mass is 342 g/mol. The molecule has 1 amide bonds. The van der Waals surface area contributed by atoms with E-state index in [-0.39, 0.29) is 30.3 Å². The molecular weight excluding hydrogens is 316 g/mol. The summed E-state index contributed by atoms with van der Waals surface area (Å²) in [5.74, 6) is 1.83. The molecule has 2 rings (SSSR count). The maximum atomic E-state index is 12.2. The van der Waals surface area contributed by atoms with Crippen LogP contribution in [0.25, 0.3) is 0 Å². The minimum atomic E-state index is -0.0727. The van der Waals surface area contributed by atoms with Crippen molar-refractivity contribution in [3.8, 4) is 11.5 Å². The first-order valence-electron chi connectivity index (χ1n) is 7.90. The summed E-state index contributed by atoms with van der Waals surface area (Å²) in [4.78, 5) is 12.2. The van der Waals surface area contributed by atoms with Gasteiger partial charge in [-0.25, -0.2) is 0 Å². The van der Waals surface area contributed by atoms with E-state index in [1.807, 2.05) is 31.2 Å². The first-order valence-corrected chi connectivity index (χ1v) is 7.90. The first-order chi connectivity index (χ1) is 10.6. The Kier molecular flexibility index (Phi) is 8.20. The van der Waals surface area contributed by atoms with Crippen molar-refractivity contribution in [3.63, 3.8) is 0 Å². The fraction of sp³-hybridized carbons (Fsp3) is 0.588. The fourth-order valence-corrected chi connectivity index (χ4v) is 2.69. The minimum Gasteiger partial charge on any atom is -0.497 e. The van der Waals surface area contributed by atoms with Crippen LogP contribution < -0.4 is 20.1 Å². The number of methoxy groups -OCH3 is 1. The molecule has 1 unspecified atom stereocenters. The second-order valence-corrected chi connectivity index (χ2v) is 5.93. The highest BCUT2D eigenvalue weighted by atomic mass is 35.5. The number of carbonyl (C=O) groups excluding carboxylic acids is 1. The molecule has 23 heavy (non-hydrogen) atoms. The molecule has 0 aliphatic carbocycles. The van der Waals surface area contributed by atoms with Crippen LogP contribution in [0.3, 0.4) is 0 Å². The maximum Gasteiger partial charge on any atom is 0.223 e. The zero-order valence-corrected chi connectivity index (χ0v) is 14.8. The van der Waals surface area contributed by atoms with Gasteiger partial charge in [0.25, 0.3) is 0 Å². The first kappa shape index (κ1) is 19.6. The largest absolute Gasteiger partial charge is 0.497 e. The lowest BCUT2D eigenvalue weighted by Crippen LogP contribution is -2.44.